The van der Waals surface area contributed by atoms with Crippen molar-refractivity contribution in [2.75, 3.05) is 25.1 Å². The maximum absolute atomic E-state index is 11.2. The van der Waals surface area contributed by atoms with E-state index in [2.05, 4.69) is 20.6 Å². The van der Waals surface area contributed by atoms with E-state index in [-0.39, 0.29) is 5.91 Å². The fraction of sp³-hybridized carbons (Fsp3) is 0.400. The number of nitrogens with two attached hydrogens (primary N) is 1. The number of anilines is 1. The van der Waals surface area contributed by atoms with Gasteiger partial charge in [-0.1, -0.05) is 6.07 Å². The van der Waals surface area contributed by atoms with Gasteiger partial charge in [0.1, 0.15) is 5.82 Å². The van der Waals surface area contributed by atoms with Crippen LogP contribution in [0.4, 0.5) is 5.82 Å². The van der Waals surface area contributed by atoms with Crippen LogP contribution in [0.1, 0.15) is 5.69 Å². The Balaban J connectivity index is 1.99. The smallest absolute Gasteiger partial charge is 0.234 e. The molecule has 1 aromatic rings. The maximum atomic E-state index is 11.2. The summed E-state index contributed by atoms with van der Waals surface area (Å²) >= 11 is 0. The first-order valence-electron chi connectivity index (χ1n) is 5.19. The molecular formula is C10H15N5O. The molecule has 1 aromatic heterocycles. The van der Waals surface area contributed by atoms with Crippen molar-refractivity contribution in [2.45, 2.75) is 6.54 Å². The van der Waals surface area contributed by atoms with Crippen molar-refractivity contribution in [2.24, 2.45) is 5.84 Å². The molecule has 1 saturated heterocycles. The summed E-state index contributed by atoms with van der Waals surface area (Å²) in [7, 11) is 0. The second kappa shape index (κ2) is 4.91. The van der Waals surface area contributed by atoms with Crippen LogP contribution in [0.5, 0.6) is 0 Å². The molecular weight excluding hydrogens is 206 g/mol. The van der Waals surface area contributed by atoms with E-state index in [1.54, 1.807) is 6.07 Å². The number of carbonyl (C=O) groups excluding carboxylic acids is 1. The zero-order valence-corrected chi connectivity index (χ0v) is 8.94. The fourth-order valence-corrected chi connectivity index (χ4v) is 1.70. The summed E-state index contributed by atoms with van der Waals surface area (Å²) in [5.41, 5.74) is 3.41. The molecule has 2 rings (SSSR count). The minimum absolute atomic E-state index is 0.0688. The number of hydrogen-bond acceptors (Lipinski definition) is 5. The van der Waals surface area contributed by atoms with Gasteiger partial charge in [-0.2, -0.15) is 0 Å². The molecule has 2 heterocycles. The van der Waals surface area contributed by atoms with Gasteiger partial charge in [0.05, 0.1) is 12.2 Å². The number of nitrogens with zero attached hydrogens (tertiary/aromatic N) is 2. The first-order chi connectivity index (χ1) is 7.78. The number of rotatable bonds is 3. The molecule has 0 spiro atoms. The van der Waals surface area contributed by atoms with Gasteiger partial charge < -0.3 is 10.7 Å². The number of amides is 1. The number of piperazine rings is 1. The Hall–Kier alpha value is -1.66. The molecule has 0 unspecified atom stereocenters. The van der Waals surface area contributed by atoms with Gasteiger partial charge in [-0.25, -0.2) is 10.8 Å². The van der Waals surface area contributed by atoms with E-state index in [4.69, 9.17) is 5.84 Å². The van der Waals surface area contributed by atoms with Crippen molar-refractivity contribution in [3.05, 3.63) is 23.9 Å². The summed E-state index contributed by atoms with van der Waals surface area (Å²) in [5.74, 6) is 5.99. The average molecular weight is 221 g/mol. The molecule has 0 aromatic carbocycles. The Bertz CT molecular complexity index is 381. The fourth-order valence-electron chi connectivity index (χ4n) is 1.70. The lowest BCUT2D eigenvalue weighted by Crippen LogP contribution is -2.47. The van der Waals surface area contributed by atoms with E-state index in [1.165, 1.54) is 0 Å². The molecule has 0 radical (unpaired) electrons. The predicted octanol–water partition coefficient (Wildman–Crippen LogP) is -0.701. The minimum Gasteiger partial charge on any atom is -0.354 e. The zero-order chi connectivity index (χ0) is 11.4. The quantitative estimate of drug-likeness (QED) is 0.464. The summed E-state index contributed by atoms with van der Waals surface area (Å²) in [4.78, 5) is 17.5. The molecule has 1 fully saturated rings. The van der Waals surface area contributed by atoms with Gasteiger partial charge in [0.15, 0.2) is 0 Å². The maximum Gasteiger partial charge on any atom is 0.234 e. The second-order valence-electron chi connectivity index (χ2n) is 3.72. The number of carbonyl (C=O) groups is 1. The lowest BCUT2D eigenvalue weighted by molar-refractivity contribution is -0.124. The molecule has 1 amide bonds. The number of hydrazine groups is 1. The van der Waals surface area contributed by atoms with Gasteiger partial charge in [0.2, 0.25) is 5.91 Å². The van der Waals surface area contributed by atoms with Crippen molar-refractivity contribution in [1.29, 1.82) is 0 Å². The summed E-state index contributed by atoms with van der Waals surface area (Å²) < 4.78 is 0. The Morgan fingerprint density at radius 2 is 2.44 bits per heavy atom. The molecule has 6 heteroatoms. The Morgan fingerprint density at radius 1 is 1.56 bits per heavy atom. The van der Waals surface area contributed by atoms with Gasteiger partial charge in [-0.3, -0.25) is 9.69 Å². The van der Waals surface area contributed by atoms with Crippen LogP contribution >= 0.6 is 0 Å². The summed E-state index contributed by atoms with van der Waals surface area (Å²) in [6.45, 7) is 2.66. The molecule has 16 heavy (non-hydrogen) atoms. The minimum atomic E-state index is 0.0688. The van der Waals surface area contributed by atoms with Crippen LogP contribution in [0.25, 0.3) is 0 Å². The van der Waals surface area contributed by atoms with Crippen molar-refractivity contribution in [3.8, 4) is 0 Å². The third-order valence-corrected chi connectivity index (χ3v) is 2.46. The molecule has 6 nitrogen and oxygen atoms in total. The van der Waals surface area contributed by atoms with Crippen molar-refractivity contribution < 1.29 is 4.79 Å². The topological polar surface area (TPSA) is 83.3 Å². The lowest BCUT2D eigenvalue weighted by atomic mass is 10.3. The molecule has 86 valence electrons. The van der Waals surface area contributed by atoms with E-state index in [9.17, 15) is 4.79 Å². The molecule has 1 aliphatic heterocycles. The average Bonchev–Trinajstić information content (AvgIpc) is 2.29. The molecule has 0 aliphatic carbocycles. The largest absolute Gasteiger partial charge is 0.354 e. The monoisotopic (exact) mass is 221 g/mol. The van der Waals surface area contributed by atoms with Gasteiger partial charge in [0, 0.05) is 19.6 Å². The van der Waals surface area contributed by atoms with Gasteiger partial charge in [-0.05, 0) is 12.1 Å². The standard InChI is InChI=1S/C10H15N5O/c11-14-9-3-1-2-8(13-9)6-15-5-4-12-10(16)7-15/h1-3H,4-7,11H2,(H,12,16)(H,13,14). The highest BCUT2D eigenvalue weighted by atomic mass is 16.2. The number of pyridine rings is 1. The number of nitrogen functional groups attached to an aromatic ring is 1. The third-order valence-electron chi connectivity index (χ3n) is 2.46. The van der Waals surface area contributed by atoms with E-state index >= 15 is 0 Å². The van der Waals surface area contributed by atoms with Crippen molar-refractivity contribution >= 4 is 11.7 Å². The number of hydrogen-bond donors (Lipinski definition) is 3. The molecule has 0 saturated carbocycles. The summed E-state index contributed by atoms with van der Waals surface area (Å²) in [5, 5.41) is 2.79. The SMILES string of the molecule is NNc1cccc(CN2CCNC(=O)C2)n1. The van der Waals surface area contributed by atoms with Crippen molar-refractivity contribution in [3.63, 3.8) is 0 Å². The van der Waals surface area contributed by atoms with Crippen LogP contribution in [0.2, 0.25) is 0 Å². The number of nitrogens with one attached hydrogen (secondary N) is 2. The summed E-state index contributed by atoms with van der Waals surface area (Å²) in [6, 6.07) is 5.61. The van der Waals surface area contributed by atoms with Crippen LogP contribution in [-0.2, 0) is 11.3 Å². The highest BCUT2D eigenvalue weighted by molar-refractivity contribution is 5.78. The van der Waals surface area contributed by atoms with Crippen LogP contribution in [0.3, 0.4) is 0 Å². The van der Waals surface area contributed by atoms with Gasteiger partial charge in [0.25, 0.3) is 0 Å². The lowest BCUT2D eigenvalue weighted by Gasteiger charge is -2.26. The Morgan fingerprint density at radius 3 is 3.19 bits per heavy atom. The van der Waals surface area contributed by atoms with E-state index in [1.807, 2.05) is 12.1 Å². The van der Waals surface area contributed by atoms with Gasteiger partial charge in [-0.15, -0.1) is 0 Å². The van der Waals surface area contributed by atoms with E-state index in [0.29, 0.717) is 25.5 Å². The number of aromatic nitrogens is 1. The van der Waals surface area contributed by atoms with Gasteiger partial charge >= 0.3 is 0 Å². The van der Waals surface area contributed by atoms with E-state index < -0.39 is 0 Å². The summed E-state index contributed by atoms with van der Waals surface area (Å²) in [6.07, 6.45) is 0. The first-order valence-corrected chi connectivity index (χ1v) is 5.19. The van der Waals surface area contributed by atoms with Crippen LogP contribution < -0.4 is 16.6 Å². The molecule has 0 bridgehead atoms. The normalized spacial score (nSPS) is 16.9. The Kier molecular flexibility index (Phi) is 3.33. The highest BCUT2D eigenvalue weighted by Gasteiger charge is 2.16. The third kappa shape index (κ3) is 2.68. The predicted molar refractivity (Wildman–Crippen MR) is 60.3 cm³/mol. The molecule has 4 N–H and O–H groups in total. The first kappa shape index (κ1) is 10.8. The Labute approximate surface area is 93.8 Å². The molecule has 1 aliphatic rings. The van der Waals surface area contributed by atoms with E-state index in [0.717, 1.165) is 12.2 Å². The highest BCUT2D eigenvalue weighted by Crippen LogP contribution is 2.07. The van der Waals surface area contributed by atoms with Crippen LogP contribution in [0.15, 0.2) is 18.2 Å². The van der Waals surface area contributed by atoms with Crippen LogP contribution in [0, 0.1) is 0 Å². The molecule has 0 atom stereocenters. The second-order valence-corrected chi connectivity index (χ2v) is 3.72. The van der Waals surface area contributed by atoms with Crippen LogP contribution in [-0.4, -0.2) is 35.4 Å². The van der Waals surface area contributed by atoms with Crippen molar-refractivity contribution in [1.82, 2.24) is 15.2 Å². The zero-order valence-electron chi connectivity index (χ0n) is 8.94.